The smallest absolute Gasteiger partial charge is 0.234 e. The summed E-state index contributed by atoms with van der Waals surface area (Å²) in [6.45, 7) is 1.06. The van der Waals surface area contributed by atoms with E-state index in [4.69, 9.17) is 9.47 Å². The predicted octanol–water partition coefficient (Wildman–Crippen LogP) is 5.18. The van der Waals surface area contributed by atoms with Crippen LogP contribution in [-0.4, -0.2) is 38.1 Å². The molecule has 2 unspecified atom stereocenters. The van der Waals surface area contributed by atoms with Gasteiger partial charge in [0, 0.05) is 12.6 Å². The molecule has 2 atom stereocenters. The number of methoxy groups -OCH3 is 2. The van der Waals surface area contributed by atoms with Gasteiger partial charge in [-0.3, -0.25) is 9.69 Å². The van der Waals surface area contributed by atoms with Crippen LogP contribution in [0.1, 0.15) is 52.7 Å². The van der Waals surface area contributed by atoms with Gasteiger partial charge in [0.1, 0.15) is 5.82 Å². The number of halogens is 1. The van der Waals surface area contributed by atoms with Crippen molar-refractivity contribution >= 4 is 5.91 Å². The Morgan fingerprint density at radius 1 is 0.972 bits per heavy atom. The molecule has 36 heavy (non-hydrogen) atoms. The monoisotopic (exact) mass is 488 g/mol. The number of nitrogens with zero attached hydrogens (tertiary/aromatic N) is 1. The van der Waals surface area contributed by atoms with Gasteiger partial charge in [0.05, 0.1) is 26.8 Å². The molecule has 1 N–H and O–H groups in total. The zero-order valence-electron chi connectivity index (χ0n) is 20.9. The molecule has 0 bridgehead atoms. The summed E-state index contributed by atoms with van der Waals surface area (Å²) in [5, 5.41) is 3.30. The molecule has 5 nitrogen and oxygen atoms in total. The highest BCUT2D eigenvalue weighted by Gasteiger charge is 2.31. The van der Waals surface area contributed by atoms with E-state index in [1.807, 2.05) is 30.3 Å². The van der Waals surface area contributed by atoms with Crippen molar-refractivity contribution in [2.24, 2.45) is 0 Å². The first-order valence-electron chi connectivity index (χ1n) is 12.7. The largest absolute Gasteiger partial charge is 0.493 e. The molecule has 6 heteroatoms. The van der Waals surface area contributed by atoms with Crippen LogP contribution in [0.4, 0.5) is 4.39 Å². The van der Waals surface area contributed by atoms with Crippen molar-refractivity contribution in [3.63, 3.8) is 0 Å². The summed E-state index contributed by atoms with van der Waals surface area (Å²) in [5.74, 6) is 1.16. The molecule has 3 aromatic rings. The van der Waals surface area contributed by atoms with E-state index in [-0.39, 0.29) is 23.8 Å². The van der Waals surface area contributed by atoms with Gasteiger partial charge in [-0.15, -0.1) is 0 Å². The highest BCUT2D eigenvalue weighted by molar-refractivity contribution is 5.78. The van der Waals surface area contributed by atoms with E-state index < -0.39 is 0 Å². The minimum atomic E-state index is -0.252. The van der Waals surface area contributed by atoms with Gasteiger partial charge in [0.25, 0.3) is 0 Å². The minimum absolute atomic E-state index is 0.0322. The zero-order valence-corrected chi connectivity index (χ0v) is 20.9. The summed E-state index contributed by atoms with van der Waals surface area (Å²) < 4.78 is 24.7. The molecule has 188 valence electrons. The number of nitrogens with one attached hydrogen (secondary N) is 1. The van der Waals surface area contributed by atoms with Crippen molar-refractivity contribution in [3.05, 3.63) is 94.3 Å². The first kappa shape index (κ1) is 24.3. The maximum absolute atomic E-state index is 13.6. The predicted molar refractivity (Wildman–Crippen MR) is 138 cm³/mol. The summed E-state index contributed by atoms with van der Waals surface area (Å²) in [4.78, 5) is 15.6. The average molecular weight is 489 g/mol. The van der Waals surface area contributed by atoms with Gasteiger partial charge < -0.3 is 14.8 Å². The van der Waals surface area contributed by atoms with Crippen LogP contribution < -0.4 is 14.8 Å². The first-order valence-corrected chi connectivity index (χ1v) is 12.7. The lowest BCUT2D eigenvalue weighted by Crippen LogP contribution is -2.44. The van der Waals surface area contributed by atoms with Crippen LogP contribution in [0.15, 0.2) is 60.7 Å². The van der Waals surface area contributed by atoms with Gasteiger partial charge in [-0.1, -0.05) is 36.4 Å². The maximum atomic E-state index is 13.6. The number of rotatable bonds is 7. The number of fused-ring (bicyclic) bond motifs is 2. The third-order valence-corrected chi connectivity index (χ3v) is 7.51. The highest BCUT2D eigenvalue weighted by Crippen LogP contribution is 2.39. The SMILES string of the molecule is COc1cc2c(cc1OC)C(Cc1ccc(F)cc1)N(CC(=O)NC1CCCc3ccccc31)CC2. The molecule has 1 aliphatic heterocycles. The highest BCUT2D eigenvalue weighted by atomic mass is 19.1. The third-order valence-electron chi connectivity index (χ3n) is 7.51. The topological polar surface area (TPSA) is 50.8 Å². The summed E-state index contributed by atoms with van der Waals surface area (Å²) >= 11 is 0. The molecule has 0 radical (unpaired) electrons. The number of aryl methyl sites for hydroxylation is 1. The fraction of sp³-hybridized carbons (Fsp3) is 0.367. The van der Waals surface area contributed by atoms with Crippen molar-refractivity contribution in [2.45, 2.75) is 44.2 Å². The van der Waals surface area contributed by atoms with Crippen molar-refractivity contribution in [1.29, 1.82) is 0 Å². The molecule has 0 spiro atoms. The first-order chi connectivity index (χ1) is 17.6. The fourth-order valence-electron chi connectivity index (χ4n) is 5.68. The second-order valence-electron chi connectivity index (χ2n) is 9.68. The number of carbonyl (C=O) groups is 1. The Morgan fingerprint density at radius 2 is 1.72 bits per heavy atom. The number of hydrogen-bond acceptors (Lipinski definition) is 4. The Labute approximate surface area is 212 Å². The fourth-order valence-corrected chi connectivity index (χ4v) is 5.68. The molecule has 2 aliphatic rings. The zero-order chi connectivity index (χ0) is 25.1. The Morgan fingerprint density at radius 3 is 2.50 bits per heavy atom. The third kappa shape index (κ3) is 5.09. The van der Waals surface area contributed by atoms with E-state index in [0.29, 0.717) is 24.5 Å². The molecule has 0 aromatic heterocycles. The number of carbonyl (C=O) groups excluding carboxylic acids is 1. The molecule has 1 heterocycles. The molecule has 5 rings (SSSR count). The van der Waals surface area contributed by atoms with Crippen molar-refractivity contribution in [3.8, 4) is 11.5 Å². The molecule has 0 saturated carbocycles. The lowest BCUT2D eigenvalue weighted by atomic mass is 9.87. The molecule has 1 amide bonds. The quantitative estimate of drug-likeness (QED) is 0.498. The van der Waals surface area contributed by atoms with Gasteiger partial charge in [-0.25, -0.2) is 4.39 Å². The maximum Gasteiger partial charge on any atom is 0.234 e. The molecule has 0 fully saturated rings. The van der Waals surface area contributed by atoms with Crippen LogP contribution in [-0.2, 0) is 24.1 Å². The van der Waals surface area contributed by atoms with Crippen molar-refractivity contribution < 1.29 is 18.7 Å². The van der Waals surface area contributed by atoms with Crippen LogP contribution in [0.2, 0.25) is 0 Å². The molecular formula is C30H33FN2O3. The van der Waals surface area contributed by atoms with Crippen LogP contribution in [0, 0.1) is 5.82 Å². The normalized spacial score (nSPS) is 19.2. The summed E-state index contributed by atoms with van der Waals surface area (Å²) in [6.07, 6.45) is 4.59. The lowest BCUT2D eigenvalue weighted by molar-refractivity contribution is -0.123. The number of amides is 1. The van der Waals surface area contributed by atoms with Gasteiger partial charge in [0.2, 0.25) is 5.91 Å². The summed E-state index contributed by atoms with van der Waals surface area (Å²) in [6, 6.07) is 19.1. The van der Waals surface area contributed by atoms with E-state index in [1.54, 1.807) is 14.2 Å². The molecule has 3 aromatic carbocycles. The Bertz CT molecular complexity index is 1230. The number of benzene rings is 3. The molecule has 0 saturated heterocycles. The summed E-state index contributed by atoms with van der Waals surface area (Å²) in [7, 11) is 3.28. The van der Waals surface area contributed by atoms with Gasteiger partial charge in [-0.2, -0.15) is 0 Å². The van der Waals surface area contributed by atoms with Crippen LogP contribution >= 0.6 is 0 Å². The standard InChI is InChI=1S/C30H33FN2O3/c1-35-28-17-22-14-15-33(19-30(34)32-26-9-5-7-21-6-3-4-8-24(21)26)27(25(22)18-29(28)36-2)16-20-10-12-23(31)13-11-20/h3-4,6,8,10-13,17-18,26-27H,5,7,9,14-16,19H2,1-2H3,(H,32,34). The van der Waals surface area contributed by atoms with Gasteiger partial charge in [0.15, 0.2) is 11.5 Å². The van der Waals surface area contributed by atoms with E-state index in [1.165, 1.54) is 28.8 Å². The minimum Gasteiger partial charge on any atom is -0.493 e. The summed E-state index contributed by atoms with van der Waals surface area (Å²) in [5.41, 5.74) is 5.91. The second kappa shape index (κ2) is 10.7. The lowest BCUT2D eigenvalue weighted by Gasteiger charge is -2.38. The van der Waals surface area contributed by atoms with Crippen molar-refractivity contribution in [2.75, 3.05) is 27.3 Å². The van der Waals surface area contributed by atoms with Gasteiger partial charge in [-0.05, 0) is 84.2 Å². The molecular weight excluding hydrogens is 455 g/mol. The van der Waals surface area contributed by atoms with Crippen LogP contribution in [0.25, 0.3) is 0 Å². The Kier molecular flexibility index (Phi) is 7.23. The van der Waals surface area contributed by atoms with Crippen LogP contribution in [0.5, 0.6) is 11.5 Å². The van der Waals surface area contributed by atoms with Gasteiger partial charge >= 0.3 is 0 Å². The van der Waals surface area contributed by atoms with Crippen LogP contribution in [0.3, 0.4) is 0 Å². The van der Waals surface area contributed by atoms with E-state index >= 15 is 0 Å². The van der Waals surface area contributed by atoms with E-state index in [2.05, 4.69) is 28.4 Å². The number of ether oxygens (including phenoxy) is 2. The Balaban J connectivity index is 1.40. The second-order valence-corrected chi connectivity index (χ2v) is 9.68. The Hall–Kier alpha value is -3.38. The molecule has 1 aliphatic carbocycles. The average Bonchev–Trinajstić information content (AvgIpc) is 2.90. The van der Waals surface area contributed by atoms with Crippen molar-refractivity contribution in [1.82, 2.24) is 10.2 Å². The van der Waals surface area contributed by atoms with E-state index in [0.717, 1.165) is 43.4 Å². The van der Waals surface area contributed by atoms with E-state index in [9.17, 15) is 9.18 Å². The number of hydrogen-bond donors (Lipinski definition) is 1.